The third-order valence-electron chi connectivity index (χ3n) is 2.33. The highest BCUT2D eigenvalue weighted by atomic mass is 19.4. The quantitative estimate of drug-likeness (QED) is 0.628. The fourth-order valence-electron chi connectivity index (χ4n) is 1.51. The second-order valence-electron chi connectivity index (χ2n) is 3.66. The Labute approximate surface area is 103 Å². The van der Waals surface area contributed by atoms with E-state index in [-0.39, 0.29) is 11.8 Å². The van der Waals surface area contributed by atoms with Crippen LogP contribution in [-0.2, 0) is 6.18 Å². The molecule has 0 aliphatic rings. The van der Waals surface area contributed by atoms with Crippen molar-refractivity contribution in [2.24, 2.45) is 5.84 Å². The Morgan fingerprint density at radius 3 is 2.44 bits per heavy atom. The zero-order valence-corrected chi connectivity index (χ0v) is 10.3. The molecule has 0 saturated heterocycles. The number of nitrogens with one attached hydrogen (secondary N) is 1. The molecular weight excluding hydrogens is 247 g/mol. The number of alkyl halides is 3. The highest BCUT2D eigenvalue weighted by molar-refractivity contribution is 5.45. The predicted octanol–water partition coefficient (Wildman–Crippen LogP) is 2.02. The Balaban J connectivity index is 3.18. The number of nitrogens with zero attached hydrogens (tertiary/aromatic N) is 3. The molecule has 18 heavy (non-hydrogen) atoms. The molecule has 0 fully saturated rings. The van der Waals surface area contributed by atoms with Crippen LogP contribution in [0.4, 0.5) is 24.9 Å². The molecule has 0 atom stereocenters. The van der Waals surface area contributed by atoms with E-state index in [0.717, 1.165) is 12.5 Å². The van der Waals surface area contributed by atoms with Crippen LogP contribution in [0.15, 0.2) is 6.07 Å². The summed E-state index contributed by atoms with van der Waals surface area (Å²) in [6.45, 7) is 4.97. The van der Waals surface area contributed by atoms with Gasteiger partial charge in [-0.05, 0) is 13.3 Å². The van der Waals surface area contributed by atoms with E-state index in [1.54, 1.807) is 4.90 Å². The van der Waals surface area contributed by atoms with E-state index in [1.165, 1.54) is 0 Å². The third kappa shape index (κ3) is 3.46. The van der Waals surface area contributed by atoms with Crippen molar-refractivity contribution in [3.63, 3.8) is 0 Å². The number of nitrogen functional groups attached to an aromatic ring is 1. The molecule has 0 aliphatic heterocycles. The summed E-state index contributed by atoms with van der Waals surface area (Å²) in [5.41, 5.74) is 1.05. The van der Waals surface area contributed by atoms with Gasteiger partial charge in [0, 0.05) is 19.2 Å². The van der Waals surface area contributed by atoms with E-state index in [1.807, 2.05) is 13.8 Å². The Hall–Kier alpha value is -1.57. The minimum Gasteiger partial charge on any atom is -0.357 e. The molecule has 1 rings (SSSR count). The Bertz CT molecular complexity index is 394. The largest absolute Gasteiger partial charge is 0.433 e. The van der Waals surface area contributed by atoms with Gasteiger partial charge in [-0.3, -0.25) is 5.43 Å². The molecule has 3 N–H and O–H groups in total. The van der Waals surface area contributed by atoms with Crippen molar-refractivity contribution in [3.05, 3.63) is 11.8 Å². The first-order chi connectivity index (χ1) is 8.42. The van der Waals surface area contributed by atoms with Crippen molar-refractivity contribution in [2.75, 3.05) is 23.4 Å². The van der Waals surface area contributed by atoms with Gasteiger partial charge < -0.3 is 4.90 Å². The standard InChI is InChI=1S/C10H16F3N5/c1-3-5-18(4-2)8-6-7(10(11,12)13)15-9(16-8)17-14/h6H,3-5,14H2,1-2H3,(H,15,16,17). The number of halogens is 3. The van der Waals surface area contributed by atoms with Crippen LogP contribution < -0.4 is 16.2 Å². The van der Waals surface area contributed by atoms with Crippen LogP contribution in [0.25, 0.3) is 0 Å². The van der Waals surface area contributed by atoms with Gasteiger partial charge in [-0.1, -0.05) is 6.92 Å². The van der Waals surface area contributed by atoms with E-state index < -0.39 is 11.9 Å². The first-order valence-electron chi connectivity index (χ1n) is 5.60. The number of nitrogens with two attached hydrogens (primary N) is 1. The maximum atomic E-state index is 12.7. The summed E-state index contributed by atoms with van der Waals surface area (Å²) in [5, 5.41) is 0. The lowest BCUT2D eigenvalue weighted by Crippen LogP contribution is -2.26. The lowest BCUT2D eigenvalue weighted by molar-refractivity contribution is -0.141. The maximum absolute atomic E-state index is 12.7. The van der Waals surface area contributed by atoms with Crippen molar-refractivity contribution >= 4 is 11.8 Å². The van der Waals surface area contributed by atoms with Gasteiger partial charge in [0.2, 0.25) is 5.95 Å². The van der Waals surface area contributed by atoms with E-state index in [2.05, 4.69) is 15.4 Å². The maximum Gasteiger partial charge on any atom is 0.433 e. The molecule has 0 aliphatic carbocycles. The Morgan fingerprint density at radius 2 is 2.00 bits per heavy atom. The van der Waals surface area contributed by atoms with Gasteiger partial charge in [-0.15, -0.1) is 0 Å². The van der Waals surface area contributed by atoms with Gasteiger partial charge in [0.1, 0.15) is 5.82 Å². The summed E-state index contributed by atoms with van der Waals surface area (Å²) in [6, 6.07) is 0.931. The fourth-order valence-corrected chi connectivity index (χ4v) is 1.51. The minimum absolute atomic E-state index is 0.217. The van der Waals surface area contributed by atoms with E-state index in [0.29, 0.717) is 13.1 Å². The van der Waals surface area contributed by atoms with Gasteiger partial charge in [-0.25, -0.2) is 10.8 Å². The van der Waals surface area contributed by atoms with Gasteiger partial charge >= 0.3 is 6.18 Å². The van der Waals surface area contributed by atoms with E-state index in [9.17, 15) is 13.2 Å². The van der Waals surface area contributed by atoms with Crippen molar-refractivity contribution in [1.82, 2.24) is 9.97 Å². The molecular formula is C10H16F3N5. The normalized spacial score (nSPS) is 11.4. The lowest BCUT2D eigenvalue weighted by Gasteiger charge is -2.22. The summed E-state index contributed by atoms with van der Waals surface area (Å²) in [6.07, 6.45) is -3.71. The predicted molar refractivity (Wildman–Crippen MR) is 63.0 cm³/mol. The second kappa shape index (κ2) is 5.85. The summed E-state index contributed by atoms with van der Waals surface area (Å²) in [5.74, 6) is 5.06. The van der Waals surface area contributed by atoms with Crippen LogP contribution >= 0.6 is 0 Å². The van der Waals surface area contributed by atoms with Crippen molar-refractivity contribution in [3.8, 4) is 0 Å². The number of aromatic nitrogens is 2. The number of anilines is 2. The first-order valence-corrected chi connectivity index (χ1v) is 5.60. The molecule has 0 radical (unpaired) electrons. The van der Waals surface area contributed by atoms with Gasteiger partial charge in [-0.2, -0.15) is 18.2 Å². The van der Waals surface area contributed by atoms with E-state index >= 15 is 0 Å². The first kappa shape index (κ1) is 14.5. The average molecular weight is 263 g/mol. The fraction of sp³-hybridized carbons (Fsp3) is 0.600. The summed E-state index contributed by atoms with van der Waals surface area (Å²) >= 11 is 0. The molecule has 5 nitrogen and oxygen atoms in total. The SMILES string of the molecule is CCCN(CC)c1cc(C(F)(F)F)nc(NN)n1. The molecule has 8 heteroatoms. The molecule has 0 unspecified atom stereocenters. The summed E-state index contributed by atoms with van der Waals surface area (Å²) in [7, 11) is 0. The van der Waals surface area contributed by atoms with Gasteiger partial charge in [0.15, 0.2) is 5.69 Å². The summed E-state index contributed by atoms with van der Waals surface area (Å²) in [4.78, 5) is 8.97. The topological polar surface area (TPSA) is 67.1 Å². The minimum atomic E-state index is -4.52. The van der Waals surface area contributed by atoms with E-state index in [4.69, 9.17) is 5.84 Å². The number of hydrogen-bond donors (Lipinski definition) is 2. The highest BCUT2D eigenvalue weighted by Gasteiger charge is 2.34. The lowest BCUT2D eigenvalue weighted by atomic mass is 10.3. The zero-order chi connectivity index (χ0) is 13.8. The van der Waals surface area contributed by atoms with Crippen LogP contribution in [0.3, 0.4) is 0 Å². The van der Waals surface area contributed by atoms with Crippen molar-refractivity contribution in [1.29, 1.82) is 0 Å². The number of hydrazine groups is 1. The van der Waals surface area contributed by atoms with Crippen molar-refractivity contribution in [2.45, 2.75) is 26.4 Å². The molecule has 0 amide bonds. The molecule has 1 aromatic heterocycles. The third-order valence-corrected chi connectivity index (χ3v) is 2.33. The number of rotatable bonds is 5. The molecule has 102 valence electrons. The summed E-state index contributed by atoms with van der Waals surface area (Å²) < 4.78 is 38.0. The van der Waals surface area contributed by atoms with Crippen LogP contribution in [0.2, 0.25) is 0 Å². The molecule has 1 aromatic rings. The smallest absolute Gasteiger partial charge is 0.357 e. The second-order valence-corrected chi connectivity index (χ2v) is 3.66. The molecule has 0 aromatic carbocycles. The molecule has 0 bridgehead atoms. The Kier molecular flexibility index (Phi) is 4.71. The van der Waals surface area contributed by atoms with Crippen molar-refractivity contribution < 1.29 is 13.2 Å². The Morgan fingerprint density at radius 1 is 1.33 bits per heavy atom. The highest BCUT2D eigenvalue weighted by Crippen LogP contribution is 2.30. The molecule has 0 spiro atoms. The van der Waals surface area contributed by atoms with Crippen LogP contribution in [0, 0.1) is 0 Å². The van der Waals surface area contributed by atoms with Crippen LogP contribution in [0.1, 0.15) is 26.0 Å². The van der Waals surface area contributed by atoms with Crippen LogP contribution in [0.5, 0.6) is 0 Å². The monoisotopic (exact) mass is 263 g/mol. The van der Waals surface area contributed by atoms with Gasteiger partial charge in [0.05, 0.1) is 0 Å². The molecule has 0 saturated carbocycles. The average Bonchev–Trinajstić information content (AvgIpc) is 2.34. The van der Waals surface area contributed by atoms with Gasteiger partial charge in [0.25, 0.3) is 0 Å². The molecule has 1 heterocycles. The number of hydrogen-bond acceptors (Lipinski definition) is 5. The van der Waals surface area contributed by atoms with Crippen LogP contribution in [-0.4, -0.2) is 23.1 Å². The zero-order valence-electron chi connectivity index (χ0n) is 10.3.